The smallest absolute Gasteiger partial charge is 0.228 e. The standard InChI is InChI=1S/C29H36N2O3/c1-29(11-14-30(15-12-29)13-9-23-5-3-2-4-6-23)28(32)31-16-18-33-22-25(21-31)19-24-7-8-26-10-17-34-27(26)20-24/h2-8,10,17,20,25H,9,11-16,18-19,21-22H2,1H3. The Morgan fingerprint density at radius 3 is 2.68 bits per heavy atom. The molecule has 2 saturated heterocycles. The van der Waals surface area contributed by atoms with E-state index in [1.165, 1.54) is 11.1 Å². The Hall–Kier alpha value is -2.63. The largest absolute Gasteiger partial charge is 0.464 e. The van der Waals surface area contributed by atoms with E-state index in [1.807, 2.05) is 6.07 Å². The maximum Gasteiger partial charge on any atom is 0.228 e. The number of amides is 1. The van der Waals surface area contributed by atoms with Crippen LogP contribution in [-0.4, -0.2) is 61.6 Å². The molecule has 1 atom stereocenters. The van der Waals surface area contributed by atoms with Crippen molar-refractivity contribution in [3.05, 3.63) is 72.0 Å². The van der Waals surface area contributed by atoms with Crippen molar-refractivity contribution in [3.8, 4) is 0 Å². The molecule has 0 N–H and O–H groups in total. The Kier molecular flexibility index (Phi) is 7.02. The minimum absolute atomic E-state index is 0.273. The van der Waals surface area contributed by atoms with Crippen molar-refractivity contribution in [2.24, 2.45) is 11.3 Å². The van der Waals surface area contributed by atoms with Gasteiger partial charge in [-0.05, 0) is 62.0 Å². The molecule has 2 aliphatic rings. The summed E-state index contributed by atoms with van der Waals surface area (Å²) >= 11 is 0. The number of rotatable bonds is 6. The summed E-state index contributed by atoms with van der Waals surface area (Å²) in [4.78, 5) is 18.3. The first kappa shape index (κ1) is 23.1. The first-order chi connectivity index (χ1) is 16.6. The van der Waals surface area contributed by atoms with E-state index in [0.717, 1.165) is 62.8 Å². The van der Waals surface area contributed by atoms with Gasteiger partial charge in [0.05, 0.1) is 19.5 Å². The second-order valence-corrected chi connectivity index (χ2v) is 10.3. The zero-order valence-corrected chi connectivity index (χ0v) is 20.2. The zero-order valence-electron chi connectivity index (χ0n) is 20.2. The van der Waals surface area contributed by atoms with Crippen molar-refractivity contribution in [3.63, 3.8) is 0 Å². The van der Waals surface area contributed by atoms with Gasteiger partial charge in [-0.3, -0.25) is 4.79 Å². The van der Waals surface area contributed by atoms with Crippen LogP contribution in [0.3, 0.4) is 0 Å². The third kappa shape index (κ3) is 5.37. The number of ether oxygens (including phenoxy) is 1. The predicted octanol–water partition coefficient (Wildman–Crippen LogP) is 4.80. The average molecular weight is 461 g/mol. The van der Waals surface area contributed by atoms with E-state index in [9.17, 15) is 4.79 Å². The minimum atomic E-state index is -0.273. The van der Waals surface area contributed by atoms with Crippen LogP contribution in [0.25, 0.3) is 11.0 Å². The summed E-state index contributed by atoms with van der Waals surface area (Å²) in [5.74, 6) is 0.612. The van der Waals surface area contributed by atoms with Gasteiger partial charge in [0, 0.05) is 36.4 Å². The normalized spacial score (nSPS) is 21.4. The molecule has 0 aliphatic carbocycles. The third-order valence-electron chi connectivity index (χ3n) is 7.71. The van der Waals surface area contributed by atoms with Crippen LogP contribution in [0.5, 0.6) is 0 Å². The van der Waals surface area contributed by atoms with Crippen molar-refractivity contribution in [1.82, 2.24) is 9.80 Å². The number of fused-ring (bicyclic) bond motifs is 1. The Morgan fingerprint density at radius 1 is 1.03 bits per heavy atom. The first-order valence-corrected chi connectivity index (χ1v) is 12.7. The van der Waals surface area contributed by atoms with E-state index in [1.54, 1.807) is 6.26 Å². The van der Waals surface area contributed by atoms with Crippen LogP contribution in [0, 0.1) is 11.3 Å². The molecule has 3 heterocycles. The van der Waals surface area contributed by atoms with Crippen molar-refractivity contribution in [2.75, 3.05) is 45.9 Å². The van der Waals surface area contributed by atoms with Gasteiger partial charge in [-0.1, -0.05) is 49.4 Å². The summed E-state index contributed by atoms with van der Waals surface area (Å²) in [6.07, 6.45) is 5.55. The second kappa shape index (κ2) is 10.3. The highest BCUT2D eigenvalue weighted by Crippen LogP contribution is 2.34. The van der Waals surface area contributed by atoms with Gasteiger partial charge in [-0.15, -0.1) is 0 Å². The fourth-order valence-corrected chi connectivity index (χ4v) is 5.45. The van der Waals surface area contributed by atoms with Crippen molar-refractivity contribution < 1.29 is 13.9 Å². The van der Waals surface area contributed by atoms with Gasteiger partial charge in [0.1, 0.15) is 5.58 Å². The summed E-state index contributed by atoms with van der Waals surface area (Å²) in [6, 6.07) is 19.1. The highest BCUT2D eigenvalue weighted by atomic mass is 16.5. The fourth-order valence-electron chi connectivity index (χ4n) is 5.45. The third-order valence-corrected chi connectivity index (χ3v) is 7.71. The van der Waals surface area contributed by atoms with Gasteiger partial charge in [-0.25, -0.2) is 0 Å². The van der Waals surface area contributed by atoms with Gasteiger partial charge in [0.2, 0.25) is 5.91 Å². The number of benzene rings is 2. The van der Waals surface area contributed by atoms with E-state index in [-0.39, 0.29) is 5.41 Å². The number of carbonyl (C=O) groups excluding carboxylic acids is 1. The van der Waals surface area contributed by atoms with Crippen LogP contribution in [0.15, 0.2) is 65.3 Å². The number of hydrogen-bond acceptors (Lipinski definition) is 4. The topological polar surface area (TPSA) is 45.9 Å². The van der Waals surface area contributed by atoms with E-state index in [2.05, 4.69) is 65.3 Å². The maximum absolute atomic E-state index is 13.7. The predicted molar refractivity (Wildman–Crippen MR) is 135 cm³/mol. The van der Waals surface area contributed by atoms with Gasteiger partial charge < -0.3 is 19.0 Å². The lowest BCUT2D eigenvalue weighted by atomic mass is 9.78. The Balaban J connectivity index is 1.16. The molecule has 0 radical (unpaired) electrons. The zero-order chi connectivity index (χ0) is 23.4. The molecule has 2 aromatic carbocycles. The summed E-state index contributed by atoms with van der Waals surface area (Å²) in [5.41, 5.74) is 3.27. The molecule has 0 bridgehead atoms. The molecule has 0 saturated carbocycles. The van der Waals surface area contributed by atoms with Crippen molar-refractivity contribution in [1.29, 1.82) is 0 Å². The van der Waals surface area contributed by atoms with Gasteiger partial charge in [0.15, 0.2) is 0 Å². The Morgan fingerprint density at radius 2 is 1.85 bits per heavy atom. The number of carbonyl (C=O) groups is 1. The second-order valence-electron chi connectivity index (χ2n) is 10.3. The van der Waals surface area contributed by atoms with Crippen molar-refractivity contribution in [2.45, 2.75) is 32.6 Å². The molecule has 5 heteroatoms. The molecule has 2 aliphatic heterocycles. The van der Waals surface area contributed by atoms with E-state index in [4.69, 9.17) is 9.15 Å². The number of piperidine rings is 1. The van der Waals surface area contributed by atoms with Gasteiger partial charge >= 0.3 is 0 Å². The van der Waals surface area contributed by atoms with Crippen LogP contribution >= 0.6 is 0 Å². The first-order valence-electron chi connectivity index (χ1n) is 12.7. The Bertz CT molecular complexity index is 1080. The number of hydrogen-bond donors (Lipinski definition) is 0. The molecule has 3 aromatic rings. The maximum atomic E-state index is 13.7. The van der Waals surface area contributed by atoms with Crippen molar-refractivity contribution >= 4 is 16.9 Å². The van der Waals surface area contributed by atoms with Crippen LogP contribution in [0.2, 0.25) is 0 Å². The highest BCUT2D eigenvalue weighted by molar-refractivity contribution is 5.82. The molecule has 5 rings (SSSR count). The molecule has 1 aromatic heterocycles. The molecule has 0 spiro atoms. The van der Waals surface area contributed by atoms with Crippen LogP contribution in [0.4, 0.5) is 0 Å². The quantitative estimate of drug-likeness (QED) is 0.530. The molecular formula is C29H36N2O3. The van der Waals surface area contributed by atoms with Crippen LogP contribution in [-0.2, 0) is 22.4 Å². The van der Waals surface area contributed by atoms with Crippen LogP contribution in [0.1, 0.15) is 30.9 Å². The Labute approximate surface area is 202 Å². The molecule has 5 nitrogen and oxygen atoms in total. The van der Waals surface area contributed by atoms with E-state index < -0.39 is 0 Å². The van der Waals surface area contributed by atoms with E-state index in [0.29, 0.717) is 31.6 Å². The molecule has 2 fully saturated rings. The average Bonchev–Trinajstić information content (AvgIpc) is 3.21. The highest BCUT2D eigenvalue weighted by Gasteiger charge is 2.40. The molecule has 180 valence electrons. The lowest BCUT2D eigenvalue weighted by Crippen LogP contribution is -2.50. The fraction of sp³-hybridized carbons (Fsp3) is 0.483. The summed E-state index contributed by atoms with van der Waals surface area (Å²) in [7, 11) is 0. The summed E-state index contributed by atoms with van der Waals surface area (Å²) < 4.78 is 11.5. The lowest BCUT2D eigenvalue weighted by Gasteiger charge is -2.41. The summed E-state index contributed by atoms with van der Waals surface area (Å²) in [6.45, 7) is 8.01. The number of likely N-dealkylation sites (tertiary alicyclic amines) is 1. The minimum Gasteiger partial charge on any atom is -0.464 e. The summed E-state index contributed by atoms with van der Waals surface area (Å²) in [5, 5.41) is 1.13. The lowest BCUT2D eigenvalue weighted by molar-refractivity contribution is -0.144. The van der Waals surface area contributed by atoms with Crippen LogP contribution < -0.4 is 0 Å². The number of nitrogens with zero attached hydrogens (tertiary/aromatic N) is 2. The molecule has 34 heavy (non-hydrogen) atoms. The van der Waals surface area contributed by atoms with Gasteiger partial charge in [-0.2, -0.15) is 0 Å². The monoisotopic (exact) mass is 460 g/mol. The van der Waals surface area contributed by atoms with E-state index >= 15 is 0 Å². The molecule has 1 unspecified atom stereocenters. The SMILES string of the molecule is CC1(C(=O)N2CCOCC(Cc3ccc4ccoc4c3)C2)CCN(CCc2ccccc2)CC1. The molecule has 1 amide bonds. The van der Waals surface area contributed by atoms with Gasteiger partial charge in [0.25, 0.3) is 0 Å². The molecular weight excluding hydrogens is 424 g/mol. The number of furan rings is 1.